The molecule has 1 aliphatic heterocycles. The Bertz CT molecular complexity index is 1210. The summed E-state index contributed by atoms with van der Waals surface area (Å²) in [6, 6.07) is 0. The van der Waals surface area contributed by atoms with Gasteiger partial charge in [-0.05, 0) is 103 Å². The molecule has 3 unspecified atom stereocenters. The third-order valence-electron chi connectivity index (χ3n) is 15.2. The van der Waals surface area contributed by atoms with Crippen molar-refractivity contribution in [1.29, 1.82) is 0 Å². The smallest absolute Gasteiger partial charge is 0.312 e. The maximum Gasteiger partial charge on any atom is 0.312 e. The molecule has 14 atom stereocenters. The fraction of sp³-hybridized carbons (Fsp3) is 0.917. The lowest BCUT2D eigenvalue weighted by Gasteiger charge is -2.71. The van der Waals surface area contributed by atoms with Gasteiger partial charge in [0.1, 0.15) is 29.8 Å². The van der Waals surface area contributed by atoms with Crippen molar-refractivity contribution < 1.29 is 44.9 Å². The van der Waals surface area contributed by atoms with Crippen molar-refractivity contribution in [1.82, 2.24) is 0 Å². The molecule has 6 aliphatic rings. The summed E-state index contributed by atoms with van der Waals surface area (Å²) in [5.74, 6) is -0.382. The second-order valence-electron chi connectivity index (χ2n) is 18.0. The van der Waals surface area contributed by atoms with Crippen LogP contribution in [0.5, 0.6) is 0 Å². The number of aliphatic hydroxyl groups excluding tert-OH is 5. The first-order valence-corrected chi connectivity index (χ1v) is 17.4. The number of aliphatic hydroxyl groups is 5. The highest BCUT2D eigenvalue weighted by Gasteiger charge is 2.71. The second-order valence-corrected chi connectivity index (χ2v) is 18.0. The minimum atomic E-state index is -1.47. The number of rotatable bonds is 4. The Hall–Kier alpha value is -1.07. The Morgan fingerprint density at radius 2 is 1.58 bits per heavy atom. The molecule has 1 heterocycles. The molecule has 5 aliphatic carbocycles. The van der Waals surface area contributed by atoms with Gasteiger partial charge in [0.2, 0.25) is 0 Å². The lowest BCUT2D eigenvalue weighted by atomic mass is 9.33. The van der Waals surface area contributed by atoms with E-state index in [9.17, 15) is 35.4 Å². The largest absolute Gasteiger partial charge is 0.481 e. The van der Waals surface area contributed by atoms with Gasteiger partial charge in [0.25, 0.3) is 0 Å². The number of aliphatic carboxylic acids is 1. The standard InChI is InChI=1S/C36H58O9/c1-31(2)14-15-36(30(42)43)20(16-31)19-8-9-23-33(5)12-11-25(45-29-28(41)27(40)26(39)21(18-37)44-29)32(3,4)22(33)10-13-34(23,6)35(19,7)17-24(36)38/h8,20-29,37-41H,9-18H2,1-7H3,(H,42,43)/t20?,21-,22?,23?,24-,25+,26-,27+,28-,29-,33+,34-,35-,36-/m1/s1. The Morgan fingerprint density at radius 1 is 0.889 bits per heavy atom. The summed E-state index contributed by atoms with van der Waals surface area (Å²) in [4.78, 5) is 13.0. The van der Waals surface area contributed by atoms with E-state index in [4.69, 9.17) is 9.47 Å². The topological polar surface area (TPSA) is 157 Å². The molecule has 0 aromatic rings. The average molecular weight is 635 g/mol. The van der Waals surface area contributed by atoms with Crippen LogP contribution in [0.3, 0.4) is 0 Å². The Labute approximate surface area is 268 Å². The molecule has 45 heavy (non-hydrogen) atoms. The van der Waals surface area contributed by atoms with Gasteiger partial charge in [-0.15, -0.1) is 0 Å². The highest BCUT2D eigenvalue weighted by Crippen LogP contribution is 2.76. The predicted octanol–water partition coefficient (Wildman–Crippen LogP) is 4.03. The van der Waals surface area contributed by atoms with E-state index in [1.807, 2.05) is 0 Å². The number of carboxylic acids is 1. The van der Waals surface area contributed by atoms with Gasteiger partial charge < -0.3 is 40.1 Å². The van der Waals surface area contributed by atoms with E-state index in [0.29, 0.717) is 24.7 Å². The van der Waals surface area contributed by atoms with Gasteiger partial charge in [-0.25, -0.2) is 0 Å². The van der Waals surface area contributed by atoms with Gasteiger partial charge >= 0.3 is 5.97 Å². The molecule has 256 valence electrons. The minimum Gasteiger partial charge on any atom is -0.481 e. The van der Waals surface area contributed by atoms with E-state index >= 15 is 0 Å². The van der Waals surface area contributed by atoms with Crippen LogP contribution < -0.4 is 0 Å². The first-order chi connectivity index (χ1) is 20.8. The number of allylic oxidation sites excluding steroid dienone is 2. The van der Waals surface area contributed by atoms with Crippen LogP contribution in [0.15, 0.2) is 11.6 Å². The highest BCUT2D eigenvalue weighted by atomic mass is 16.7. The normalized spacial score (nSPS) is 53.6. The lowest BCUT2D eigenvalue weighted by molar-refractivity contribution is -0.330. The zero-order valence-electron chi connectivity index (χ0n) is 28.3. The number of ether oxygens (including phenoxy) is 2. The number of carboxylic acid groups (broad SMARTS) is 1. The van der Waals surface area contributed by atoms with Gasteiger partial charge in [0.05, 0.1) is 18.8 Å². The maximum absolute atomic E-state index is 13.0. The third-order valence-corrected chi connectivity index (χ3v) is 15.2. The summed E-state index contributed by atoms with van der Waals surface area (Å²) >= 11 is 0. The van der Waals surface area contributed by atoms with Crippen molar-refractivity contribution in [2.24, 2.45) is 50.2 Å². The molecule has 0 spiro atoms. The van der Waals surface area contributed by atoms with Gasteiger partial charge in [0.15, 0.2) is 6.29 Å². The fourth-order valence-electron chi connectivity index (χ4n) is 12.3. The summed E-state index contributed by atoms with van der Waals surface area (Å²) in [6.07, 6.45) is 1.79. The van der Waals surface area contributed by atoms with Crippen LogP contribution in [0.2, 0.25) is 0 Å². The monoisotopic (exact) mass is 634 g/mol. The van der Waals surface area contributed by atoms with E-state index in [2.05, 4.69) is 54.5 Å². The Balaban J connectivity index is 1.31. The van der Waals surface area contributed by atoms with Crippen LogP contribution in [0.4, 0.5) is 0 Å². The Kier molecular flexibility index (Phi) is 8.05. The van der Waals surface area contributed by atoms with Crippen molar-refractivity contribution in [3.05, 3.63) is 11.6 Å². The van der Waals surface area contributed by atoms with Crippen molar-refractivity contribution in [3.8, 4) is 0 Å². The fourth-order valence-corrected chi connectivity index (χ4v) is 12.3. The van der Waals surface area contributed by atoms with Crippen molar-refractivity contribution in [2.75, 3.05) is 6.61 Å². The van der Waals surface area contributed by atoms with Gasteiger partial charge in [-0.3, -0.25) is 4.79 Å². The maximum atomic E-state index is 13.0. The number of fused-ring (bicyclic) bond motifs is 7. The molecule has 0 amide bonds. The van der Waals surface area contributed by atoms with Crippen LogP contribution in [-0.2, 0) is 14.3 Å². The number of carbonyl (C=O) groups is 1. The molecule has 0 aromatic heterocycles. The molecular formula is C36H58O9. The summed E-state index contributed by atoms with van der Waals surface area (Å²) in [6.45, 7) is 15.6. The van der Waals surface area contributed by atoms with E-state index in [-0.39, 0.29) is 39.1 Å². The van der Waals surface area contributed by atoms with Crippen molar-refractivity contribution >= 4 is 5.97 Å². The molecule has 9 nitrogen and oxygen atoms in total. The molecule has 9 heteroatoms. The highest BCUT2D eigenvalue weighted by molar-refractivity contribution is 5.77. The van der Waals surface area contributed by atoms with E-state index in [1.54, 1.807) is 0 Å². The number of hydrogen-bond acceptors (Lipinski definition) is 8. The lowest BCUT2D eigenvalue weighted by Crippen LogP contribution is -2.68. The molecule has 6 rings (SSSR count). The van der Waals surface area contributed by atoms with E-state index < -0.39 is 54.8 Å². The molecule has 1 saturated heterocycles. The van der Waals surface area contributed by atoms with Gasteiger partial charge in [0, 0.05) is 0 Å². The first kappa shape index (κ1) is 33.8. The second kappa shape index (κ2) is 10.7. The average Bonchev–Trinajstić information content (AvgIpc) is 2.94. The summed E-state index contributed by atoms with van der Waals surface area (Å²) in [5.41, 5.74) is -0.571. The van der Waals surface area contributed by atoms with Crippen molar-refractivity contribution in [2.45, 2.75) is 149 Å². The zero-order valence-corrected chi connectivity index (χ0v) is 28.3. The summed E-state index contributed by atoms with van der Waals surface area (Å²) < 4.78 is 12.2. The van der Waals surface area contributed by atoms with Gasteiger partial charge in [-0.2, -0.15) is 0 Å². The minimum absolute atomic E-state index is 0.0210. The van der Waals surface area contributed by atoms with E-state index in [0.717, 1.165) is 44.9 Å². The van der Waals surface area contributed by atoms with Crippen molar-refractivity contribution in [3.63, 3.8) is 0 Å². The first-order valence-electron chi connectivity index (χ1n) is 17.4. The summed E-state index contributed by atoms with van der Waals surface area (Å²) in [5, 5.41) is 63.5. The predicted molar refractivity (Wildman–Crippen MR) is 167 cm³/mol. The zero-order chi connectivity index (χ0) is 33.1. The molecule has 0 bridgehead atoms. The SMILES string of the molecule is CC1(C)CC[C@@]2(C(=O)O)C(C1)C1=CCC3[C@@]4(C)CC[C@H](O[C@H]5O[C@H](CO)[C@@H](O)[C@H](O)[C@H]5O)C(C)(C)C4CC[C@@]3(C)[C@]1(C)C[C@H]2O. The molecule has 4 saturated carbocycles. The molecular weight excluding hydrogens is 576 g/mol. The van der Waals surface area contributed by atoms with Crippen LogP contribution >= 0.6 is 0 Å². The van der Waals surface area contributed by atoms with Crippen LogP contribution in [0.25, 0.3) is 0 Å². The summed E-state index contributed by atoms with van der Waals surface area (Å²) in [7, 11) is 0. The van der Waals surface area contributed by atoms with Crippen LogP contribution in [-0.4, -0.2) is 86.1 Å². The molecule has 5 fully saturated rings. The van der Waals surface area contributed by atoms with Crippen LogP contribution in [0.1, 0.15) is 106 Å². The Morgan fingerprint density at radius 3 is 2.22 bits per heavy atom. The van der Waals surface area contributed by atoms with Crippen LogP contribution in [0, 0.1) is 50.2 Å². The van der Waals surface area contributed by atoms with E-state index in [1.165, 1.54) is 5.57 Å². The quantitative estimate of drug-likeness (QED) is 0.199. The molecule has 6 N–H and O–H groups in total. The molecule has 0 aromatic carbocycles. The van der Waals surface area contributed by atoms with Gasteiger partial charge in [-0.1, -0.05) is 60.1 Å². The third kappa shape index (κ3) is 4.54. The molecule has 0 radical (unpaired) electrons. The number of hydrogen-bond donors (Lipinski definition) is 6.